The maximum Gasteiger partial charge on any atom is 0.345 e. The lowest BCUT2D eigenvalue weighted by molar-refractivity contribution is -0.141. The lowest BCUT2D eigenvalue weighted by Crippen LogP contribution is -2.51. The fourth-order valence-electron chi connectivity index (χ4n) is 2.51. The van der Waals surface area contributed by atoms with Gasteiger partial charge in [-0.1, -0.05) is 44.5 Å². The number of carbonyl (C=O) groups excluding carboxylic acids is 3. The summed E-state index contributed by atoms with van der Waals surface area (Å²) in [7, 11) is 0. The second kappa shape index (κ2) is 9.13. The topological polar surface area (TPSA) is 124 Å². The molecule has 0 radical (unpaired) electrons. The van der Waals surface area contributed by atoms with E-state index in [9.17, 15) is 28.8 Å². The first-order chi connectivity index (χ1) is 14.7. The molecule has 2 heterocycles. The smallest absolute Gasteiger partial charge is 0.262 e. The third-order valence-electron chi connectivity index (χ3n) is 3.98. The summed E-state index contributed by atoms with van der Waals surface area (Å²) in [5.41, 5.74) is -1.97. The van der Waals surface area contributed by atoms with Crippen molar-refractivity contribution in [1.29, 1.82) is 0 Å². The van der Waals surface area contributed by atoms with Crippen molar-refractivity contribution >= 4 is 30.2 Å². The summed E-state index contributed by atoms with van der Waals surface area (Å²) < 4.78 is 2.37. The van der Waals surface area contributed by atoms with Gasteiger partial charge in [0, 0.05) is 24.8 Å². The monoisotopic (exact) mass is 423 g/mol. The van der Waals surface area contributed by atoms with Gasteiger partial charge in [0.15, 0.2) is 0 Å². The Kier molecular flexibility index (Phi) is 6.62. The lowest BCUT2D eigenvalue weighted by atomic mass is 10.3. The Labute approximate surface area is 175 Å². The number of nitrogens with zero attached hydrogens (tertiary/aromatic N) is 5. The Morgan fingerprint density at radius 3 is 1.32 bits per heavy atom. The molecule has 31 heavy (non-hydrogen) atoms. The summed E-state index contributed by atoms with van der Waals surface area (Å²) >= 11 is 0. The molecule has 1 aromatic carbocycles. The van der Waals surface area contributed by atoms with Crippen LogP contribution in [0.2, 0.25) is 0 Å². The van der Waals surface area contributed by atoms with Crippen LogP contribution in [-0.2, 0) is 9.59 Å². The summed E-state index contributed by atoms with van der Waals surface area (Å²) in [5, 5.41) is 0. The van der Waals surface area contributed by atoms with Crippen LogP contribution in [0.15, 0.2) is 83.4 Å². The summed E-state index contributed by atoms with van der Waals surface area (Å²) in [5.74, 6) is -1.82. The lowest BCUT2D eigenvalue weighted by Gasteiger charge is -2.08. The Hall–Kier alpha value is -4.80. The molecule has 2 aromatic rings. The Morgan fingerprint density at radius 1 is 0.581 bits per heavy atom. The number of hydrogen-bond donors (Lipinski definition) is 0. The van der Waals surface area contributed by atoms with Crippen molar-refractivity contribution < 1.29 is 14.4 Å². The van der Waals surface area contributed by atoms with Crippen LogP contribution < -0.4 is 17.1 Å². The predicted molar refractivity (Wildman–Crippen MR) is 113 cm³/mol. The number of benzene rings is 1. The Morgan fingerprint density at radius 2 is 1.00 bits per heavy atom. The number of amides is 4. The van der Waals surface area contributed by atoms with E-state index in [1.165, 1.54) is 0 Å². The molecule has 0 aliphatic carbocycles. The fraction of sp³-hybridized carbons (Fsp3) is 0. The summed E-state index contributed by atoms with van der Waals surface area (Å²) in [6.45, 7) is 13.2. The first-order valence-corrected chi connectivity index (χ1v) is 8.51. The van der Waals surface area contributed by atoms with E-state index >= 15 is 0 Å². The molecule has 0 N–H and O–H groups in total. The molecule has 0 bridgehead atoms. The minimum Gasteiger partial charge on any atom is -0.262 e. The van der Waals surface area contributed by atoms with Gasteiger partial charge in [-0.15, -0.1) is 0 Å². The Balaban J connectivity index is 0.000000245. The average Bonchev–Trinajstić information content (AvgIpc) is 2.97. The van der Waals surface area contributed by atoms with Crippen molar-refractivity contribution in [3.8, 4) is 5.69 Å². The van der Waals surface area contributed by atoms with E-state index in [2.05, 4.69) is 26.3 Å². The van der Waals surface area contributed by atoms with Crippen LogP contribution >= 0.6 is 0 Å². The van der Waals surface area contributed by atoms with Gasteiger partial charge in [-0.3, -0.25) is 9.59 Å². The molecule has 3 rings (SSSR count). The highest BCUT2D eigenvalue weighted by molar-refractivity contribution is 6.45. The largest absolute Gasteiger partial charge is 0.345 e. The highest BCUT2D eigenvalue weighted by Gasteiger charge is 2.41. The van der Waals surface area contributed by atoms with Crippen molar-refractivity contribution in [3.63, 3.8) is 0 Å². The van der Waals surface area contributed by atoms with E-state index in [4.69, 9.17) is 0 Å². The zero-order chi connectivity index (χ0) is 23.3. The van der Waals surface area contributed by atoms with Gasteiger partial charge in [-0.25, -0.2) is 42.7 Å². The number of imide groups is 2. The van der Waals surface area contributed by atoms with Crippen LogP contribution in [-0.4, -0.2) is 41.3 Å². The second-order valence-electron chi connectivity index (χ2n) is 5.62. The SMILES string of the molecule is C=CN1C(=O)C(=O)N(C=C)C1=O.C=Cn1c(=O)n(C=C)c(=O)n(-c2ccccc2)c1=O. The number of rotatable bonds is 5. The van der Waals surface area contributed by atoms with Crippen molar-refractivity contribution in [2.24, 2.45) is 0 Å². The van der Waals surface area contributed by atoms with Gasteiger partial charge in [0.25, 0.3) is 0 Å². The van der Waals surface area contributed by atoms with E-state index in [1.807, 2.05) is 0 Å². The molecule has 158 valence electrons. The van der Waals surface area contributed by atoms with Gasteiger partial charge in [0.2, 0.25) is 0 Å². The highest BCUT2D eigenvalue weighted by atomic mass is 16.2. The standard InChI is InChI=1S/C13H11N3O3.C7H6N2O3/c1-3-14-11(17)15(4-2)13(19)16(12(14)18)10-8-6-5-7-9-10;1-3-8-5(10)6(11)9(4-2)7(8)12/h3-9H,1-2H2;3-4H,1-2H2. The maximum atomic E-state index is 12.1. The molecule has 1 aliphatic heterocycles. The summed E-state index contributed by atoms with van der Waals surface area (Å²) in [6.07, 6.45) is 4.10. The van der Waals surface area contributed by atoms with Gasteiger partial charge in [-0.2, -0.15) is 0 Å². The molecule has 1 saturated heterocycles. The quantitative estimate of drug-likeness (QED) is 0.507. The number of aromatic nitrogens is 3. The van der Waals surface area contributed by atoms with Crippen molar-refractivity contribution in [2.75, 3.05) is 0 Å². The van der Waals surface area contributed by atoms with E-state index in [0.29, 0.717) is 15.5 Å². The number of carbonyl (C=O) groups is 3. The minimum absolute atomic E-state index is 0.365. The van der Waals surface area contributed by atoms with Crippen LogP contribution in [0.5, 0.6) is 0 Å². The first kappa shape index (κ1) is 22.5. The zero-order valence-corrected chi connectivity index (χ0v) is 16.2. The molecule has 0 saturated carbocycles. The predicted octanol–water partition coefficient (Wildman–Crippen LogP) is 0.426. The van der Waals surface area contributed by atoms with E-state index < -0.39 is 34.9 Å². The van der Waals surface area contributed by atoms with Gasteiger partial charge in [-0.05, 0) is 12.1 Å². The van der Waals surface area contributed by atoms with Gasteiger partial charge in [0.05, 0.1) is 5.69 Å². The van der Waals surface area contributed by atoms with E-state index in [-0.39, 0.29) is 0 Å². The molecular weight excluding hydrogens is 406 g/mol. The molecular formula is C20H17N5O6. The third kappa shape index (κ3) is 3.87. The molecule has 1 aliphatic rings. The molecule has 11 heteroatoms. The Bertz CT molecular complexity index is 1210. The van der Waals surface area contributed by atoms with Gasteiger partial charge >= 0.3 is 34.9 Å². The van der Waals surface area contributed by atoms with Crippen molar-refractivity contribution in [1.82, 2.24) is 23.5 Å². The van der Waals surface area contributed by atoms with Crippen LogP contribution in [0.1, 0.15) is 0 Å². The first-order valence-electron chi connectivity index (χ1n) is 8.51. The normalized spacial score (nSPS) is 12.8. The number of para-hydroxylation sites is 1. The van der Waals surface area contributed by atoms with Crippen LogP contribution in [0.3, 0.4) is 0 Å². The fourth-order valence-corrected chi connectivity index (χ4v) is 2.51. The van der Waals surface area contributed by atoms with E-state index in [1.54, 1.807) is 30.3 Å². The molecule has 0 atom stereocenters. The molecule has 1 fully saturated rings. The van der Waals surface area contributed by atoms with E-state index in [0.717, 1.165) is 38.5 Å². The number of hydrogen-bond acceptors (Lipinski definition) is 6. The third-order valence-corrected chi connectivity index (χ3v) is 3.98. The maximum absolute atomic E-state index is 12.1. The second-order valence-corrected chi connectivity index (χ2v) is 5.62. The molecule has 1 aromatic heterocycles. The summed E-state index contributed by atoms with van der Waals surface area (Å²) in [6, 6.07) is 7.56. The minimum atomic E-state index is -0.908. The van der Waals surface area contributed by atoms with Crippen molar-refractivity contribution in [3.05, 3.63) is 101 Å². The molecule has 0 spiro atoms. The molecule has 11 nitrogen and oxygen atoms in total. The van der Waals surface area contributed by atoms with Gasteiger partial charge < -0.3 is 0 Å². The molecule has 4 amide bonds. The van der Waals surface area contributed by atoms with Crippen LogP contribution in [0.4, 0.5) is 4.79 Å². The van der Waals surface area contributed by atoms with Gasteiger partial charge in [0.1, 0.15) is 0 Å². The highest BCUT2D eigenvalue weighted by Crippen LogP contribution is 2.11. The summed E-state index contributed by atoms with van der Waals surface area (Å²) in [4.78, 5) is 70.2. The number of urea groups is 1. The van der Waals surface area contributed by atoms with Crippen molar-refractivity contribution in [2.45, 2.75) is 0 Å². The van der Waals surface area contributed by atoms with Crippen LogP contribution in [0.25, 0.3) is 18.1 Å². The average molecular weight is 423 g/mol. The van der Waals surface area contributed by atoms with Crippen LogP contribution in [0, 0.1) is 0 Å². The molecule has 0 unspecified atom stereocenters. The zero-order valence-electron chi connectivity index (χ0n) is 16.2.